The zero-order chi connectivity index (χ0) is 27.1. The zero-order valence-corrected chi connectivity index (χ0v) is 21.5. The first-order valence-corrected chi connectivity index (χ1v) is 12.5. The van der Waals surface area contributed by atoms with Gasteiger partial charge in [-0.15, -0.1) is 0 Å². The van der Waals surface area contributed by atoms with E-state index in [1.807, 2.05) is 0 Å². The molecule has 0 bridgehead atoms. The van der Waals surface area contributed by atoms with Crippen molar-refractivity contribution < 1.29 is 28.7 Å². The number of benzene rings is 1. The van der Waals surface area contributed by atoms with Crippen molar-refractivity contribution in [2.24, 2.45) is 17.6 Å². The highest BCUT2D eigenvalue weighted by atomic mass is 35.5. The highest BCUT2D eigenvalue weighted by molar-refractivity contribution is 6.35. The van der Waals surface area contributed by atoms with Crippen LogP contribution in [0.3, 0.4) is 0 Å². The fourth-order valence-corrected chi connectivity index (χ4v) is 4.20. The van der Waals surface area contributed by atoms with E-state index in [9.17, 15) is 24.0 Å². The fraction of sp³-hybridized carbons (Fsp3) is 0.480. The van der Waals surface area contributed by atoms with E-state index in [0.29, 0.717) is 23.5 Å². The molecule has 2 aromatic rings. The third kappa shape index (κ3) is 7.53. The molecule has 3 rings (SSSR count). The van der Waals surface area contributed by atoms with Gasteiger partial charge < -0.3 is 31.4 Å². The van der Waals surface area contributed by atoms with Crippen molar-refractivity contribution in [1.29, 1.82) is 0 Å². The molecule has 1 unspecified atom stereocenters. The van der Waals surface area contributed by atoms with Crippen LogP contribution in [0.2, 0.25) is 5.02 Å². The maximum atomic E-state index is 12.9. The van der Waals surface area contributed by atoms with Gasteiger partial charge in [-0.3, -0.25) is 24.0 Å². The van der Waals surface area contributed by atoms with Crippen molar-refractivity contribution >= 4 is 52.0 Å². The molecule has 1 aromatic heterocycles. The quantitative estimate of drug-likeness (QED) is 0.268. The molecule has 1 aliphatic heterocycles. The van der Waals surface area contributed by atoms with Crippen molar-refractivity contribution in [2.75, 3.05) is 19.7 Å². The highest BCUT2D eigenvalue weighted by Gasteiger charge is 2.31. The van der Waals surface area contributed by atoms with Crippen LogP contribution >= 0.6 is 11.6 Å². The Bertz CT molecular complexity index is 1180. The SMILES string of the molecule is CC(C)C(N)C(=O)OCC(=O)[C@H](C[C@@H]1CCCNC1=O)NC(=O)CNC(=O)c1cc2cccc(Cl)c2[nH]1. The summed E-state index contributed by atoms with van der Waals surface area (Å²) in [5.41, 5.74) is 6.58. The maximum Gasteiger partial charge on any atom is 0.323 e. The molecule has 11 nitrogen and oxygen atoms in total. The molecule has 0 saturated carbocycles. The predicted octanol–water partition coefficient (Wildman–Crippen LogP) is 1.05. The Morgan fingerprint density at radius 2 is 2.00 bits per heavy atom. The lowest BCUT2D eigenvalue weighted by Gasteiger charge is -2.26. The maximum absolute atomic E-state index is 12.9. The lowest BCUT2D eigenvalue weighted by molar-refractivity contribution is -0.151. The van der Waals surface area contributed by atoms with Gasteiger partial charge in [0.2, 0.25) is 11.8 Å². The number of carbonyl (C=O) groups is 5. The van der Waals surface area contributed by atoms with E-state index < -0.39 is 54.7 Å². The van der Waals surface area contributed by atoms with Gasteiger partial charge in [0.25, 0.3) is 5.91 Å². The number of aromatic nitrogens is 1. The number of fused-ring (bicyclic) bond motifs is 1. The summed E-state index contributed by atoms with van der Waals surface area (Å²) in [4.78, 5) is 65.3. The number of para-hydroxylation sites is 1. The number of ether oxygens (including phenoxy) is 1. The molecule has 0 spiro atoms. The van der Waals surface area contributed by atoms with Crippen LogP contribution in [0.15, 0.2) is 24.3 Å². The van der Waals surface area contributed by atoms with Crippen molar-refractivity contribution in [2.45, 2.75) is 45.2 Å². The van der Waals surface area contributed by atoms with Crippen LogP contribution in [0, 0.1) is 11.8 Å². The number of esters is 1. The number of hydrogen-bond acceptors (Lipinski definition) is 7. The second kappa shape index (κ2) is 12.7. The Balaban J connectivity index is 1.61. The molecule has 1 aromatic carbocycles. The van der Waals surface area contributed by atoms with Gasteiger partial charge in [0.15, 0.2) is 12.4 Å². The number of ketones is 1. The summed E-state index contributed by atoms with van der Waals surface area (Å²) in [5.74, 6) is -3.34. The number of aromatic amines is 1. The number of H-pyrrole nitrogens is 1. The Hall–Kier alpha value is -3.44. The summed E-state index contributed by atoms with van der Waals surface area (Å²) in [5, 5.41) is 9.00. The first-order valence-electron chi connectivity index (χ1n) is 12.1. The van der Waals surface area contributed by atoms with E-state index in [1.165, 1.54) is 0 Å². The molecule has 6 N–H and O–H groups in total. The minimum absolute atomic E-state index is 0.0403. The number of piperidine rings is 1. The summed E-state index contributed by atoms with van der Waals surface area (Å²) in [7, 11) is 0. The van der Waals surface area contributed by atoms with Crippen LogP contribution in [0.25, 0.3) is 10.9 Å². The molecular formula is C25H32ClN5O6. The van der Waals surface area contributed by atoms with E-state index >= 15 is 0 Å². The lowest BCUT2D eigenvalue weighted by Crippen LogP contribution is -2.50. The van der Waals surface area contributed by atoms with Crippen molar-refractivity contribution in [3.8, 4) is 0 Å². The van der Waals surface area contributed by atoms with Gasteiger partial charge in [-0.25, -0.2) is 0 Å². The molecule has 2 heterocycles. The largest absolute Gasteiger partial charge is 0.456 e. The summed E-state index contributed by atoms with van der Waals surface area (Å²) < 4.78 is 5.05. The first-order chi connectivity index (χ1) is 17.6. The predicted molar refractivity (Wildman–Crippen MR) is 137 cm³/mol. The van der Waals surface area contributed by atoms with Crippen LogP contribution in [-0.2, 0) is 23.9 Å². The van der Waals surface area contributed by atoms with Crippen LogP contribution in [-0.4, -0.2) is 66.2 Å². The zero-order valence-electron chi connectivity index (χ0n) is 20.8. The number of hydrogen-bond donors (Lipinski definition) is 5. The monoisotopic (exact) mass is 533 g/mol. The Morgan fingerprint density at radius 1 is 1.24 bits per heavy atom. The second-order valence-corrected chi connectivity index (χ2v) is 9.81. The molecule has 1 fully saturated rings. The molecule has 3 atom stereocenters. The number of Topliss-reactive ketones (excluding diaryl/α,β-unsaturated/α-hetero) is 1. The minimum atomic E-state index is -1.09. The van der Waals surface area contributed by atoms with Gasteiger partial charge in [-0.2, -0.15) is 0 Å². The third-order valence-electron chi connectivity index (χ3n) is 6.25. The topological polar surface area (TPSA) is 172 Å². The molecule has 3 amide bonds. The molecule has 12 heteroatoms. The molecule has 200 valence electrons. The van der Waals surface area contributed by atoms with E-state index in [4.69, 9.17) is 22.1 Å². The van der Waals surface area contributed by atoms with Crippen LogP contribution in [0.5, 0.6) is 0 Å². The van der Waals surface area contributed by atoms with Gasteiger partial charge in [0.1, 0.15) is 11.7 Å². The molecule has 37 heavy (non-hydrogen) atoms. The second-order valence-electron chi connectivity index (χ2n) is 9.40. The molecule has 1 saturated heterocycles. The van der Waals surface area contributed by atoms with Crippen LogP contribution < -0.4 is 21.7 Å². The standard InChI is InChI=1S/C25H32ClN5O6/c1-13(2)21(27)25(36)37-12-19(32)17(10-15-6-4-8-28-23(15)34)30-20(33)11-29-24(35)18-9-14-5-3-7-16(26)22(14)31-18/h3,5,7,9,13,15,17,21,31H,4,6,8,10-12,27H2,1-2H3,(H,28,34)(H,29,35)(H,30,33)/t15-,17-,21?/m0/s1. The number of nitrogens with two attached hydrogens (primary N) is 1. The average Bonchev–Trinajstić information content (AvgIpc) is 3.32. The van der Waals surface area contributed by atoms with Crippen LogP contribution in [0.4, 0.5) is 0 Å². The van der Waals surface area contributed by atoms with E-state index in [2.05, 4.69) is 20.9 Å². The van der Waals surface area contributed by atoms with Gasteiger partial charge >= 0.3 is 5.97 Å². The fourth-order valence-electron chi connectivity index (χ4n) is 3.97. The highest BCUT2D eigenvalue weighted by Crippen LogP contribution is 2.23. The third-order valence-corrected chi connectivity index (χ3v) is 6.57. The van der Waals surface area contributed by atoms with E-state index in [0.717, 1.165) is 11.8 Å². The summed E-state index contributed by atoms with van der Waals surface area (Å²) in [6, 6.07) is 4.87. The number of rotatable bonds is 11. The van der Waals surface area contributed by atoms with Crippen LogP contribution in [0.1, 0.15) is 43.6 Å². The molecule has 1 aliphatic rings. The Labute approximate surface area is 219 Å². The summed E-state index contributed by atoms with van der Waals surface area (Å²) in [6.45, 7) is 3.03. The lowest BCUT2D eigenvalue weighted by atomic mass is 9.90. The van der Waals surface area contributed by atoms with E-state index in [1.54, 1.807) is 38.1 Å². The first kappa shape index (κ1) is 28.1. The number of halogens is 1. The molecule has 0 aliphatic carbocycles. The number of nitrogens with one attached hydrogen (secondary N) is 4. The minimum Gasteiger partial charge on any atom is -0.456 e. The molecular weight excluding hydrogens is 502 g/mol. The Kier molecular flexibility index (Phi) is 9.65. The van der Waals surface area contributed by atoms with Crippen molar-refractivity contribution in [3.05, 3.63) is 35.0 Å². The normalized spacial score (nSPS) is 17.1. The van der Waals surface area contributed by atoms with Crippen molar-refractivity contribution in [1.82, 2.24) is 20.9 Å². The Morgan fingerprint density at radius 3 is 2.68 bits per heavy atom. The van der Waals surface area contributed by atoms with Gasteiger partial charge in [0, 0.05) is 17.8 Å². The average molecular weight is 534 g/mol. The smallest absolute Gasteiger partial charge is 0.323 e. The number of carbonyl (C=O) groups excluding carboxylic acids is 5. The van der Waals surface area contributed by atoms with E-state index in [-0.39, 0.29) is 23.9 Å². The number of amides is 3. The summed E-state index contributed by atoms with van der Waals surface area (Å²) in [6.07, 6.45) is 1.34. The summed E-state index contributed by atoms with van der Waals surface area (Å²) >= 11 is 6.13. The molecule has 0 radical (unpaired) electrons. The van der Waals surface area contributed by atoms with Gasteiger partial charge in [-0.05, 0) is 37.3 Å². The van der Waals surface area contributed by atoms with Gasteiger partial charge in [0.05, 0.1) is 23.1 Å². The van der Waals surface area contributed by atoms with Gasteiger partial charge in [-0.1, -0.05) is 37.6 Å². The van der Waals surface area contributed by atoms with Crippen molar-refractivity contribution in [3.63, 3.8) is 0 Å².